The van der Waals surface area contributed by atoms with E-state index < -0.39 is 36.2 Å². The van der Waals surface area contributed by atoms with Gasteiger partial charge in [-0.2, -0.15) is 0 Å². The fourth-order valence-corrected chi connectivity index (χ4v) is 1.97. The summed E-state index contributed by atoms with van der Waals surface area (Å²) in [6, 6.07) is 0. The van der Waals surface area contributed by atoms with Crippen LogP contribution in [0.3, 0.4) is 0 Å². The Hall–Kier alpha value is -1.26. The summed E-state index contributed by atoms with van der Waals surface area (Å²) in [6.45, 7) is 5.03. The monoisotopic (exact) mass is 363 g/mol. The van der Waals surface area contributed by atoms with E-state index in [1.54, 1.807) is 13.8 Å². The van der Waals surface area contributed by atoms with Crippen LogP contribution in [0.1, 0.15) is 39.5 Å². The number of carbonyl (C=O) groups excluding carboxylic acids is 2. The van der Waals surface area contributed by atoms with Crippen LogP contribution in [0.25, 0.3) is 0 Å². The van der Waals surface area contributed by atoms with Gasteiger partial charge in [0.2, 0.25) is 11.8 Å². The number of aliphatic hydroxyl groups excluding tert-OH is 4. The Morgan fingerprint density at radius 1 is 0.720 bits per heavy atom. The van der Waals surface area contributed by atoms with Crippen LogP contribution >= 0.6 is 0 Å². The van der Waals surface area contributed by atoms with E-state index in [4.69, 9.17) is 0 Å². The first-order valence-electron chi connectivity index (χ1n) is 8.80. The third-order valence-electron chi connectivity index (χ3n) is 3.74. The maximum absolute atomic E-state index is 11.6. The van der Waals surface area contributed by atoms with Crippen molar-refractivity contribution in [2.75, 3.05) is 26.2 Å². The first kappa shape index (κ1) is 23.7. The van der Waals surface area contributed by atoms with Crippen molar-refractivity contribution in [1.29, 1.82) is 0 Å². The first-order valence-corrected chi connectivity index (χ1v) is 8.80. The average Bonchev–Trinajstić information content (AvgIpc) is 2.59. The predicted octanol–water partition coefficient (Wildman–Crippen LogP) is -2.15. The SMILES string of the molecule is CCC(O)CC(O)C(=O)NCCNCCNC(=O)C(O)CC(O)CC. The lowest BCUT2D eigenvalue weighted by Crippen LogP contribution is -2.42. The molecule has 25 heavy (non-hydrogen) atoms. The van der Waals surface area contributed by atoms with Crippen LogP contribution in [-0.4, -0.2) is 82.8 Å². The Balaban J connectivity index is 3.66. The van der Waals surface area contributed by atoms with Gasteiger partial charge >= 0.3 is 0 Å². The van der Waals surface area contributed by atoms with E-state index in [0.29, 0.717) is 39.0 Å². The smallest absolute Gasteiger partial charge is 0.248 e. The van der Waals surface area contributed by atoms with E-state index in [-0.39, 0.29) is 12.8 Å². The maximum Gasteiger partial charge on any atom is 0.248 e. The van der Waals surface area contributed by atoms with Crippen LogP contribution in [-0.2, 0) is 9.59 Å². The minimum absolute atomic E-state index is 0.0108. The Bertz CT molecular complexity index is 349. The molecule has 0 bridgehead atoms. The van der Waals surface area contributed by atoms with Gasteiger partial charge in [0.15, 0.2) is 0 Å². The number of hydrogen-bond acceptors (Lipinski definition) is 7. The van der Waals surface area contributed by atoms with Gasteiger partial charge in [0.1, 0.15) is 12.2 Å². The minimum Gasteiger partial charge on any atom is -0.393 e. The predicted molar refractivity (Wildman–Crippen MR) is 92.7 cm³/mol. The van der Waals surface area contributed by atoms with E-state index in [1.807, 2.05) is 0 Å². The van der Waals surface area contributed by atoms with Crippen LogP contribution < -0.4 is 16.0 Å². The van der Waals surface area contributed by atoms with E-state index in [1.165, 1.54) is 0 Å². The molecular formula is C16H33N3O6. The Labute approximate surface area is 148 Å². The van der Waals surface area contributed by atoms with E-state index in [9.17, 15) is 30.0 Å². The zero-order chi connectivity index (χ0) is 19.2. The molecule has 0 saturated heterocycles. The lowest BCUT2D eigenvalue weighted by molar-refractivity contribution is -0.131. The van der Waals surface area contributed by atoms with Crippen molar-refractivity contribution >= 4 is 11.8 Å². The zero-order valence-electron chi connectivity index (χ0n) is 15.1. The summed E-state index contributed by atoms with van der Waals surface area (Å²) >= 11 is 0. The zero-order valence-corrected chi connectivity index (χ0v) is 15.1. The van der Waals surface area contributed by atoms with Crippen LogP contribution in [0, 0.1) is 0 Å². The normalized spacial score (nSPS) is 15.9. The molecule has 0 aromatic heterocycles. The minimum atomic E-state index is -1.23. The van der Waals surface area contributed by atoms with E-state index in [2.05, 4.69) is 16.0 Å². The van der Waals surface area contributed by atoms with Gasteiger partial charge < -0.3 is 36.4 Å². The molecule has 0 heterocycles. The van der Waals surface area contributed by atoms with E-state index >= 15 is 0 Å². The molecular weight excluding hydrogens is 330 g/mol. The third-order valence-corrected chi connectivity index (χ3v) is 3.74. The molecule has 0 aromatic carbocycles. The molecule has 0 fully saturated rings. The van der Waals surface area contributed by atoms with Crippen LogP contribution in [0.5, 0.6) is 0 Å². The summed E-state index contributed by atoms with van der Waals surface area (Å²) in [4.78, 5) is 23.1. The summed E-state index contributed by atoms with van der Waals surface area (Å²) in [5.41, 5.74) is 0. The van der Waals surface area contributed by atoms with Crippen molar-refractivity contribution in [3.05, 3.63) is 0 Å². The Kier molecular flexibility index (Phi) is 13.3. The molecule has 0 radical (unpaired) electrons. The van der Waals surface area contributed by atoms with Gasteiger partial charge in [-0.3, -0.25) is 9.59 Å². The molecule has 0 rings (SSSR count). The number of rotatable bonds is 14. The Morgan fingerprint density at radius 2 is 1.08 bits per heavy atom. The number of carbonyl (C=O) groups is 2. The molecule has 0 aliphatic rings. The highest BCUT2D eigenvalue weighted by molar-refractivity contribution is 5.80. The van der Waals surface area contributed by atoms with Gasteiger partial charge in [0, 0.05) is 39.0 Å². The number of nitrogens with one attached hydrogen (secondary N) is 3. The highest BCUT2D eigenvalue weighted by Crippen LogP contribution is 2.02. The van der Waals surface area contributed by atoms with E-state index in [0.717, 1.165) is 0 Å². The summed E-state index contributed by atoms with van der Waals surface area (Å²) in [5.74, 6) is -1.06. The second-order valence-electron chi connectivity index (χ2n) is 5.96. The van der Waals surface area contributed by atoms with Crippen molar-refractivity contribution in [1.82, 2.24) is 16.0 Å². The van der Waals surface area contributed by atoms with Gasteiger partial charge in [0.25, 0.3) is 0 Å². The number of aliphatic hydroxyl groups is 4. The summed E-state index contributed by atoms with van der Waals surface area (Å²) in [5, 5.41) is 46.0. The van der Waals surface area contributed by atoms with Gasteiger partial charge in [-0.1, -0.05) is 13.8 Å². The Morgan fingerprint density at radius 3 is 1.40 bits per heavy atom. The van der Waals surface area contributed by atoms with Gasteiger partial charge in [-0.25, -0.2) is 0 Å². The highest BCUT2D eigenvalue weighted by atomic mass is 16.3. The molecule has 148 valence electrons. The first-order chi connectivity index (χ1) is 11.8. The second kappa shape index (κ2) is 14.0. The number of amides is 2. The van der Waals surface area contributed by atoms with Crippen molar-refractivity contribution in [3.63, 3.8) is 0 Å². The highest BCUT2D eigenvalue weighted by Gasteiger charge is 2.18. The van der Waals surface area contributed by atoms with Crippen LogP contribution in [0.4, 0.5) is 0 Å². The molecule has 0 saturated carbocycles. The molecule has 7 N–H and O–H groups in total. The fourth-order valence-electron chi connectivity index (χ4n) is 1.97. The molecule has 0 aliphatic carbocycles. The lowest BCUT2D eigenvalue weighted by Gasteiger charge is -2.15. The summed E-state index contributed by atoms with van der Waals surface area (Å²) in [7, 11) is 0. The number of hydrogen-bond donors (Lipinski definition) is 7. The lowest BCUT2D eigenvalue weighted by atomic mass is 10.1. The van der Waals surface area contributed by atoms with Crippen LogP contribution in [0.15, 0.2) is 0 Å². The molecule has 2 amide bonds. The van der Waals surface area contributed by atoms with Gasteiger partial charge in [-0.15, -0.1) is 0 Å². The quantitative estimate of drug-likeness (QED) is 0.174. The standard InChI is InChI=1S/C16H33N3O6/c1-3-11(20)9-13(22)15(24)18-7-5-17-6-8-19-16(25)14(23)10-12(21)4-2/h11-14,17,20-23H,3-10H2,1-2H3,(H,18,24)(H,19,25). The summed E-state index contributed by atoms with van der Waals surface area (Å²) in [6.07, 6.45) is -2.88. The fraction of sp³-hybridized carbons (Fsp3) is 0.875. The van der Waals surface area contributed by atoms with Crippen molar-refractivity contribution in [3.8, 4) is 0 Å². The molecule has 4 atom stereocenters. The maximum atomic E-state index is 11.6. The summed E-state index contributed by atoms with van der Waals surface area (Å²) < 4.78 is 0. The third kappa shape index (κ3) is 11.8. The second-order valence-corrected chi connectivity index (χ2v) is 5.96. The molecule has 0 aromatic rings. The van der Waals surface area contributed by atoms with Gasteiger partial charge in [0.05, 0.1) is 12.2 Å². The van der Waals surface area contributed by atoms with Crippen molar-refractivity contribution in [2.24, 2.45) is 0 Å². The largest absolute Gasteiger partial charge is 0.393 e. The van der Waals surface area contributed by atoms with Gasteiger partial charge in [-0.05, 0) is 12.8 Å². The topological polar surface area (TPSA) is 151 Å². The van der Waals surface area contributed by atoms with Crippen molar-refractivity contribution < 1.29 is 30.0 Å². The molecule has 0 aliphatic heterocycles. The molecule has 4 unspecified atom stereocenters. The van der Waals surface area contributed by atoms with Crippen LogP contribution in [0.2, 0.25) is 0 Å². The molecule has 9 heteroatoms. The van der Waals surface area contributed by atoms with Crippen molar-refractivity contribution in [2.45, 2.75) is 63.9 Å². The molecule has 0 spiro atoms. The molecule has 9 nitrogen and oxygen atoms in total. The average molecular weight is 363 g/mol.